The molecule has 0 saturated heterocycles. The Bertz CT molecular complexity index is 1170. The van der Waals surface area contributed by atoms with Crippen molar-refractivity contribution in [2.45, 2.75) is 33.9 Å². The average Bonchev–Trinajstić information content (AvgIpc) is 3.20. The summed E-state index contributed by atoms with van der Waals surface area (Å²) < 4.78 is 13.4. The first-order valence-corrected chi connectivity index (χ1v) is 12.8. The second-order valence-electron chi connectivity index (χ2n) is 8.73. The first-order chi connectivity index (χ1) is 16.6. The van der Waals surface area contributed by atoms with Gasteiger partial charge in [0.2, 0.25) is 5.91 Å². The summed E-state index contributed by atoms with van der Waals surface area (Å²) in [6.45, 7) is 6.93. The van der Waals surface area contributed by atoms with E-state index in [2.05, 4.69) is 5.32 Å². The van der Waals surface area contributed by atoms with E-state index in [1.54, 1.807) is 46.6 Å². The Morgan fingerprint density at radius 1 is 1.03 bits per heavy atom. The van der Waals surface area contributed by atoms with Crippen LogP contribution in [0.1, 0.15) is 29.9 Å². The van der Waals surface area contributed by atoms with Crippen molar-refractivity contribution in [2.75, 3.05) is 18.4 Å². The molecule has 1 aromatic heterocycles. The minimum Gasteiger partial charge on any atom is -0.332 e. The lowest BCUT2D eigenvalue weighted by Gasteiger charge is -2.29. The molecule has 5 nitrogen and oxygen atoms in total. The summed E-state index contributed by atoms with van der Waals surface area (Å²) in [5.41, 5.74) is 2.32. The zero-order chi connectivity index (χ0) is 25.5. The second-order valence-corrected chi connectivity index (χ2v) is 10.6. The molecular formula is C26H28Cl2FN3O2S. The number of carbonyl (C=O) groups excluding carboxylic acids is 2. The van der Waals surface area contributed by atoms with Crippen molar-refractivity contribution in [1.82, 2.24) is 9.80 Å². The Hall–Kier alpha value is -2.61. The van der Waals surface area contributed by atoms with Crippen molar-refractivity contribution in [3.8, 4) is 0 Å². The number of hydrogen-bond donors (Lipinski definition) is 1. The van der Waals surface area contributed by atoms with Crippen molar-refractivity contribution in [3.63, 3.8) is 0 Å². The molecular weight excluding hydrogens is 508 g/mol. The minimum atomic E-state index is -0.426. The summed E-state index contributed by atoms with van der Waals surface area (Å²) in [4.78, 5) is 30.9. The number of hydrogen-bond acceptors (Lipinski definition) is 3. The molecule has 0 atom stereocenters. The maximum atomic E-state index is 13.5. The lowest BCUT2D eigenvalue weighted by atomic mass is 10.2. The van der Waals surface area contributed by atoms with Gasteiger partial charge in [0.25, 0.3) is 0 Å². The van der Waals surface area contributed by atoms with Gasteiger partial charge in [0, 0.05) is 23.0 Å². The van der Waals surface area contributed by atoms with Crippen molar-refractivity contribution >= 4 is 52.2 Å². The molecule has 0 saturated carbocycles. The van der Waals surface area contributed by atoms with E-state index in [1.165, 1.54) is 17.0 Å². The SMILES string of the molecule is Cc1ccsc1CN(Cc1ccc(F)cc1)C(=O)CN(CC(C)C)C(=O)Nc1ccc(Cl)cc1Cl. The van der Waals surface area contributed by atoms with Crippen LogP contribution in [0.2, 0.25) is 10.0 Å². The van der Waals surface area contributed by atoms with Crippen LogP contribution in [-0.2, 0) is 17.9 Å². The number of nitrogens with zero attached hydrogens (tertiary/aromatic N) is 2. The van der Waals surface area contributed by atoms with Gasteiger partial charge in [-0.25, -0.2) is 9.18 Å². The van der Waals surface area contributed by atoms with Crippen LogP contribution in [0.25, 0.3) is 0 Å². The molecule has 186 valence electrons. The lowest BCUT2D eigenvalue weighted by Crippen LogP contribution is -2.45. The topological polar surface area (TPSA) is 52.7 Å². The smallest absolute Gasteiger partial charge is 0.322 e. The molecule has 0 aliphatic carbocycles. The number of thiophene rings is 1. The molecule has 0 radical (unpaired) electrons. The van der Waals surface area contributed by atoms with E-state index in [1.807, 2.05) is 32.2 Å². The lowest BCUT2D eigenvalue weighted by molar-refractivity contribution is -0.133. The highest BCUT2D eigenvalue weighted by Gasteiger charge is 2.24. The summed E-state index contributed by atoms with van der Waals surface area (Å²) in [6, 6.07) is 12.5. The van der Waals surface area contributed by atoms with Crippen molar-refractivity contribution < 1.29 is 14.0 Å². The fourth-order valence-corrected chi connectivity index (χ4v) is 4.87. The van der Waals surface area contributed by atoms with Gasteiger partial charge in [-0.05, 0) is 65.7 Å². The van der Waals surface area contributed by atoms with Gasteiger partial charge in [0.15, 0.2) is 0 Å². The number of aryl methyl sites for hydroxylation is 1. The van der Waals surface area contributed by atoms with Crippen molar-refractivity contribution in [3.05, 3.63) is 85.8 Å². The standard InChI is InChI=1S/C26H28Cl2FN3O2S/c1-17(2)13-32(26(34)30-23-9-6-20(27)12-22(23)28)16-25(33)31(15-24-18(3)10-11-35-24)14-19-4-7-21(29)8-5-19/h4-12,17H,13-16H2,1-3H3,(H,30,34). The third-order valence-corrected chi connectivity index (χ3v) is 6.87. The van der Waals surface area contributed by atoms with Gasteiger partial charge in [0.1, 0.15) is 12.4 Å². The van der Waals surface area contributed by atoms with Crippen molar-refractivity contribution in [2.24, 2.45) is 5.92 Å². The van der Waals surface area contributed by atoms with Crippen LogP contribution in [0.4, 0.5) is 14.9 Å². The Balaban J connectivity index is 1.80. The molecule has 9 heteroatoms. The number of benzene rings is 2. The van der Waals surface area contributed by atoms with Crippen molar-refractivity contribution in [1.29, 1.82) is 0 Å². The highest BCUT2D eigenvalue weighted by atomic mass is 35.5. The van der Waals surface area contributed by atoms with Crippen LogP contribution in [0.3, 0.4) is 0 Å². The first-order valence-electron chi connectivity index (χ1n) is 11.2. The number of carbonyl (C=O) groups is 2. The third-order valence-electron chi connectivity index (χ3n) is 5.31. The first kappa shape index (κ1) is 27.0. The van der Waals surface area contributed by atoms with Gasteiger partial charge in [-0.1, -0.05) is 49.2 Å². The Morgan fingerprint density at radius 2 is 1.74 bits per heavy atom. The number of anilines is 1. The minimum absolute atomic E-state index is 0.110. The highest BCUT2D eigenvalue weighted by molar-refractivity contribution is 7.10. The molecule has 3 amide bonds. The third kappa shape index (κ3) is 7.95. The number of urea groups is 1. The van der Waals surface area contributed by atoms with E-state index in [9.17, 15) is 14.0 Å². The zero-order valence-electron chi connectivity index (χ0n) is 19.9. The van der Waals surface area contributed by atoms with E-state index in [0.717, 1.165) is 16.0 Å². The molecule has 0 unspecified atom stereocenters. The predicted octanol–water partition coefficient (Wildman–Crippen LogP) is 7.22. The molecule has 0 fully saturated rings. The molecule has 3 aromatic rings. The summed E-state index contributed by atoms with van der Waals surface area (Å²) in [5, 5.41) is 5.54. The summed E-state index contributed by atoms with van der Waals surface area (Å²) >= 11 is 13.7. The van der Waals surface area contributed by atoms with Crippen LogP contribution in [0.5, 0.6) is 0 Å². The monoisotopic (exact) mass is 535 g/mol. The zero-order valence-corrected chi connectivity index (χ0v) is 22.2. The number of amides is 3. The molecule has 1 heterocycles. The molecule has 0 aliphatic heterocycles. The van der Waals surface area contributed by atoms with E-state index in [4.69, 9.17) is 23.2 Å². The van der Waals surface area contributed by atoms with Gasteiger partial charge < -0.3 is 15.1 Å². The fourth-order valence-electron chi connectivity index (χ4n) is 3.49. The van der Waals surface area contributed by atoms with E-state index < -0.39 is 6.03 Å². The number of halogens is 3. The van der Waals surface area contributed by atoms with E-state index in [0.29, 0.717) is 35.4 Å². The molecule has 0 bridgehead atoms. The Kier molecular flexibility index (Phi) is 9.55. The van der Waals surface area contributed by atoms with Crippen LogP contribution in [0.15, 0.2) is 53.9 Å². The maximum absolute atomic E-state index is 13.5. The quantitative estimate of drug-likeness (QED) is 0.314. The molecule has 0 spiro atoms. The highest BCUT2D eigenvalue weighted by Crippen LogP contribution is 2.26. The fraction of sp³-hybridized carbons (Fsp3) is 0.308. The van der Waals surface area contributed by atoms with Gasteiger partial charge in [-0.3, -0.25) is 4.79 Å². The van der Waals surface area contributed by atoms with Gasteiger partial charge in [0.05, 0.1) is 17.3 Å². The Morgan fingerprint density at radius 3 is 2.34 bits per heavy atom. The maximum Gasteiger partial charge on any atom is 0.322 e. The van der Waals surface area contributed by atoms with Gasteiger partial charge in [-0.15, -0.1) is 11.3 Å². The van der Waals surface area contributed by atoms with Gasteiger partial charge in [-0.2, -0.15) is 0 Å². The van der Waals surface area contributed by atoms with Crippen LogP contribution >= 0.6 is 34.5 Å². The second kappa shape index (κ2) is 12.4. The molecule has 3 rings (SSSR count). The average molecular weight is 537 g/mol. The van der Waals surface area contributed by atoms with E-state index >= 15 is 0 Å². The van der Waals surface area contributed by atoms with Crippen LogP contribution < -0.4 is 5.32 Å². The molecule has 1 N–H and O–H groups in total. The van der Waals surface area contributed by atoms with Crippen LogP contribution in [0, 0.1) is 18.7 Å². The van der Waals surface area contributed by atoms with Crippen LogP contribution in [-0.4, -0.2) is 34.8 Å². The summed E-state index contributed by atoms with van der Waals surface area (Å²) in [7, 11) is 0. The largest absolute Gasteiger partial charge is 0.332 e. The normalized spacial score (nSPS) is 10.9. The van der Waals surface area contributed by atoms with Gasteiger partial charge >= 0.3 is 6.03 Å². The number of rotatable bonds is 9. The molecule has 2 aromatic carbocycles. The predicted molar refractivity (Wildman–Crippen MR) is 142 cm³/mol. The molecule has 0 aliphatic rings. The van der Waals surface area contributed by atoms with E-state index in [-0.39, 0.29) is 24.2 Å². The Labute approximate surface area is 219 Å². The molecule has 35 heavy (non-hydrogen) atoms. The number of nitrogens with one attached hydrogen (secondary N) is 1. The summed E-state index contributed by atoms with van der Waals surface area (Å²) in [5.74, 6) is -0.402. The summed E-state index contributed by atoms with van der Waals surface area (Å²) in [6.07, 6.45) is 0.